The number of carbonyl (C=O) groups is 2. The Labute approximate surface area is 160 Å². The van der Waals surface area contributed by atoms with Gasteiger partial charge in [0.1, 0.15) is 18.4 Å². The smallest absolute Gasteiger partial charge is 0.228 e. The molecule has 0 aliphatic carbocycles. The van der Waals surface area contributed by atoms with Gasteiger partial charge < -0.3 is 10.1 Å². The average Bonchev–Trinajstić information content (AvgIpc) is 3.16. The fourth-order valence-electron chi connectivity index (χ4n) is 2.64. The van der Waals surface area contributed by atoms with Crippen LogP contribution in [0.4, 0.5) is 5.69 Å². The van der Waals surface area contributed by atoms with Crippen LogP contribution in [-0.4, -0.2) is 33.6 Å². The highest BCUT2D eigenvalue weighted by molar-refractivity contribution is 6.31. The zero-order valence-electron chi connectivity index (χ0n) is 14.8. The zero-order valence-corrected chi connectivity index (χ0v) is 15.5. The van der Waals surface area contributed by atoms with Crippen molar-refractivity contribution in [3.05, 3.63) is 65.2 Å². The van der Waals surface area contributed by atoms with Crippen molar-refractivity contribution < 1.29 is 14.3 Å². The van der Waals surface area contributed by atoms with E-state index in [-0.39, 0.29) is 18.1 Å². The van der Waals surface area contributed by atoms with Gasteiger partial charge in [-0.25, -0.2) is 9.67 Å². The lowest BCUT2D eigenvalue weighted by Gasteiger charge is -2.13. The maximum atomic E-state index is 12.6. The number of ether oxygens (including phenoxy) is 1. The first-order valence-electron chi connectivity index (χ1n) is 8.10. The Balaban J connectivity index is 1.86. The summed E-state index contributed by atoms with van der Waals surface area (Å²) in [6.45, 7) is 1.47. The van der Waals surface area contributed by atoms with Crippen LogP contribution >= 0.6 is 11.6 Å². The minimum atomic E-state index is -0.280. The molecule has 7 nitrogen and oxygen atoms in total. The number of Topliss-reactive ketones (excluding diaryl/α,β-unsaturated/α-hetero) is 1. The van der Waals surface area contributed by atoms with Crippen molar-refractivity contribution in [2.75, 3.05) is 12.4 Å². The highest BCUT2D eigenvalue weighted by Gasteiger charge is 2.14. The first-order valence-corrected chi connectivity index (χ1v) is 8.48. The van der Waals surface area contributed by atoms with Crippen LogP contribution in [0.5, 0.6) is 5.75 Å². The van der Waals surface area contributed by atoms with Crippen molar-refractivity contribution in [2.24, 2.45) is 0 Å². The molecule has 0 saturated carbocycles. The normalized spacial score (nSPS) is 10.5. The van der Waals surface area contributed by atoms with Crippen molar-refractivity contribution in [1.29, 1.82) is 0 Å². The van der Waals surface area contributed by atoms with Gasteiger partial charge in [0, 0.05) is 16.1 Å². The average molecular weight is 385 g/mol. The maximum absolute atomic E-state index is 12.6. The molecular weight excluding hydrogens is 368 g/mol. The molecule has 0 radical (unpaired) electrons. The lowest BCUT2D eigenvalue weighted by molar-refractivity contribution is -0.115. The third-order valence-corrected chi connectivity index (χ3v) is 4.17. The van der Waals surface area contributed by atoms with Crippen molar-refractivity contribution in [1.82, 2.24) is 14.8 Å². The topological polar surface area (TPSA) is 86.1 Å². The van der Waals surface area contributed by atoms with Crippen LogP contribution < -0.4 is 10.1 Å². The number of benzene rings is 2. The summed E-state index contributed by atoms with van der Waals surface area (Å²) >= 11 is 6.07. The van der Waals surface area contributed by atoms with E-state index in [1.54, 1.807) is 36.4 Å². The number of anilines is 1. The van der Waals surface area contributed by atoms with Gasteiger partial charge in [0.25, 0.3) is 0 Å². The molecule has 0 fully saturated rings. The zero-order chi connectivity index (χ0) is 19.4. The molecule has 1 N–H and O–H groups in total. The van der Waals surface area contributed by atoms with E-state index in [2.05, 4.69) is 15.4 Å². The van der Waals surface area contributed by atoms with E-state index >= 15 is 0 Å². The van der Waals surface area contributed by atoms with E-state index in [4.69, 9.17) is 16.3 Å². The van der Waals surface area contributed by atoms with Crippen LogP contribution in [0.2, 0.25) is 5.02 Å². The van der Waals surface area contributed by atoms with Crippen molar-refractivity contribution in [2.45, 2.75) is 13.3 Å². The van der Waals surface area contributed by atoms with Gasteiger partial charge in [-0.05, 0) is 43.3 Å². The Morgan fingerprint density at radius 3 is 2.70 bits per heavy atom. The Kier molecular flexibility index (Phi) is 5.52. The van der Waals surface area contributed by atoms with Gasteiger partial charge >= 0.3 is 0 Å². The molecule has 0 saturated heterocycles. The molecule has 27 heavy (non-hydrogen) atoms. The number of hydrogen-bond acceptors (Lipinski definition) is 5. The summed E-state index contributed by atoms with van der Waals surface area (Å²) in [7, 11) is 1.52. The number of methoxy groups -OCH3 is 1. The fourth-order valence-corrected chi connectivity index (χ4v) is 2.82. The van der Waals surface area contributed by atoms with Gasteiger partial charge in [-0.2, -0.15) is 5.10 Å². The third kappa shape index (κ3) is 4.32. The predicted molar refractivity (Wildman–Crippen MR) is 102 cm³/mol. The molecule has 0 atom stereocenters. The number of hydrogen-bond donors (Lipinski definition) is 1. The first kappa shape index (κ1) is 18.6. The van der Waals surface area contributed by atoms with Gasteiger partial charge in [0.15, 0.2) is 5.78 Å². The second kappa shape index (κ2) is 8.01. The second-order valence-corrected chi connectivity index (χ2v) is 6.25. The minimum Gasteiger partial charge on any atom is -0.496 e. The molecule has 138 valence electrons. The van der Waals surface area contributed by atoms with Crippen LogP contribution in [0.15, 0.2) is 49.1 Å². The molecule has 3 aromatic rings. The molecule has 2 aromatic carbocycles. The summed E-state index contributed by atoms with van der Waals surface area (Å²) in [6.07, 6.45) is 2.96. The van der Waals surface area contributed by atoms with Gasteiger partial charge in [-0.1, -0.05) is 11.6 Å². The van der Waals surface area contributed by atoms with Crippen molar-refractivity contribution in [3.63, 3.8) is 0 Å². The van der Waals surface area contributed by atoms with E-state index in [9.17, 15) is 9.59 Å². The van der Waals surface area contributed by atoms with Crippen LogP contribution in [0.25, 0.3) is 5.69 Å². The Hall–Kier alpha value is -3.19. The summed E-state index contributed by atoms with van der Waals surface area (Å²) in [6, 6.07) is 10.1. The van der Waals surface area contributed by atoms with Gasteiger partial charge in [0.2, 0.25) is 5.91 Å². The van der Waals surface area contributed by atoms with Gasteiger partial charge in [-0.15, -0.1) is 0 Å². The molecule has 0 spiro atoms. The molecule has 3 rings (SSSR count). The third-order valence-electron chi connectivity index (χ3n) is 3.94. The number of nitrogens with zero attached hydrogens (tertiary/aromatic N) is 3. The lowest BCUT2D eigenvalue weighted by atomic mass is 10.0. The lowest BCUT2D eigenvalue weighted by Crippen LogP contribution is -2.17. The Morgan fingerprint density at radius 1 is 1.22 bits per heavy atom. The number of halogens is 1. The van der Waals surface area contributed by atoms with Crippen LogP contribution in [0.1, 0.15) is 22.8 Å². The minimum absolute atomic E-state index is 0.0353. The molecule has 1 heterocycles. The van der Waals surface area contributed by atoms with Crippen LogP contribution in [0, 0.1) is 0 Å². The van der Waals surface area contributed by atoms with E-state index in [1.165, 1.54) is 31.4 Å². The highest BCUT2D eigenvalue weighted by atomic mass is 35.5. The molecule has 1 amide bonds. The van der Waals surface area contributed by atoms with Gasteiger partial charge in [0.05, 0.1) is 24.9 Å². The Bertz CT molecular complexity index is 987. The standard InChI is InChI=1S/C19H17ClN4O3/c1-12(25)13-3-6-18(27-2)14(7-13)8-19(26)23-16-9-15(20)4-5-17(16)24-11-21-10-22-24/h3-7,9-11H,8H2,1-2H3,(H,23,26). The van der Waals surface area contributed by atoms with E-state index in [0.29, 0.717) is 33.3 Å². The van der Waals surface area contributed by atoms with Crippen LogP contribution in [-0.2, 0) is 11.2 Å². The first-order chi connectivity index (χ1) is 13.0. The maximum Gasteiger partial charge on any atom is 0.228 e. The molecule has 8 heteroatoms. The molecular formula is C19H17ClN4O3. The second-order valence-electron chi connectivity index (χ2n) is 5.81. The number of ketones is 1. The molecule has 0 unspecified atom stereocenters. The predicted octanol–water partition coefficient (Wildman–Crippen LogP) is 3.31. The molecule has 0 aliphatic rings. The van der Waals surface area contributed by atoms with Crippen molar-refractivity contribution in [3.8, 4) is 11.4 Å². The summed E-state index contributed by atoms with van der Waals surface area (Å²) in [4.78, 5) is 28.2. The summed E-state index contributed by atoms with van der Waals surface area (Å²) < 4.78 is 6.83. The SMILES string of the molecule is COc1ccc(C(C)=O)cc1CC(=O)Nc1cc(Cl)ccc1-n1cncn1. The van der Waals surface area contributed by atoms with Crippen molar-refractivity contribution >= 4 is 29.0 Å². The van der Waals surface area contributed by atoms with Gasteiger partial charge in [-0.3, -0.25) is 9.59 Å². The largest absolute Gasteiger partial charge is 0.496 e. The number of aromatic nitrogens is 3. The number of nitrogens with one attached hydrogen (secondary N) is 1. The number of amides is 1. The van der Waals surface area contributed by atoms with Crippen LogP contribution in [0.3, 0.4) is 0 Å². The number of rotatable bonds is 6. The summed E-state index contributed by atoms with van der Waals surface area (Å²) in [5.74, 6) is 0.179. The molecule has 1 aromatic heterocycles. The molecule has 0 aliphatic heterocycles. The number of carbonyl (C=O) groups excluding carboxylic acids is 2. The quantitative estimate of drug-likeness (QED) is 0.659. The monoisotopic (exact) mass is 384 g/mol. The van der Waals surface area contributed by atoms with E-state index in [1.807, 2.05) is 0 Å². The van der Waals surface area contributed by atoms with E-state index < -0.39 is 0 Å². The summed E-state index contributed by atoms with van der Waals surface area (Å²) in [5, 5.41) is 7.39. The summed E-state index contributed by atoms with van der Waals surface area (Å²) in [5.41, 5.74) is 2.27. The Morgan fingerprint density at radius 2 is 2.04 bits per heavy atom. The van der Waals surface area contributed by atoms with E-state index in [0.717, 1.165) is 0 Å². The molecule has 0 bridgehead atoms. The highest BCUT2D eigenvalue weighted by Crippen LogP contribution is 2.25. The fraction of sp³-hybridized carbons (Fsp3) is 0.158.